The number of piperazine rings is 1. The number of aryl methyl sites for hydroxylation is 1. The molecule has 0 spiro atoms. The number of ether oxygens (including phenoxy) is 4. The second-order valence-electron chi connectivity index (χ2n) is 11.2. The van der Waals surface area contributed by atoms with Gasteiger partial charge in [0.1, 0.15) is 24.8 Å². The van der Waals surface area contributed by atoms with Gasteiger partial charge in [0.25, 0.3) is 0 Å². The van der Waals surface area contributed by atoms with E-state index in [1.807, 2.05) is 42.5 Å². The first-order valence-electron chi connectivity index (χ1n) is 15.3. The molecule has 5 rings (SSSR count). The van der Waals surface area contributed by atoms with E-state index >= 15 is 0 Å². The highest BCUT2D eigenvalue weighted by atomic mass is 16.5. The van der Waals surface area contributed by atoms with E-state index < -0.39 is 6.09 Å². The summed E-state index contributed by atoms with van der Waals surface area (Å²) in [7, 11) is 5.36. The molecule has 3 aromatic carbocycles. The quantitative estimate of drug-likeness (QED) is 0.197. The van der Waals surface area contributed by atoms with E-state index in [-0.39, 0.29) is 6.61 Å². The van der Waals surface area contributed by atoms with Crippen molar-refractivity contribution in [3.05, 3.63) is 83.6 Å². The molecule has 46 heavy (non-hydrogen) atoms. The van der Waals surface area contributed by atoms with Crippen LogP contribution in [0.25, 0.3) is 11.1 Å². The van der Waals surface area contributed by atoms with Gasteiger partial charge in [-0.05, 0) is 73.5 Å². The Labute approximate surface area is 270 Å². The van der Waals surface area contributed by atoms with Gasteiger partial charge in [-0.2, -0.15) is 4.98 Å². The number of methoxy groups -OCH3 is 2. The highest BCUT2D eigenvalue weighted by Crippen LogP contribution is 2.33. The Hall–Kier alpha value is -4.87. The molecule has 1 saturated heterocycles. The summed E-state index contributed by atoms with van der Waals surface area (Å²) >= 11 is 0. The van der Waals surface area contributed by atoms with Crippen LogP contribution in [0.15, 0.2) is 66.9 Å². The molecule has 4 aromatic rings. The van der Waals surface area contributed by atoms with Gasteiger partial charge in [-0.1, -0.05) is 24.3 Å². The summed E-state index contributed by atoms with van der Waals surface area (Å²) in [6, 6.07) is 19.1. The maximum atomic E-state index is 12.8. The lowest BCUT2D eigenvalue weighted by Gasteiger charge is -2.32. The number of amides is 1. The fraction of sp³-hybridized carbons (Fsp3) is 0.343. The average molecular weight is 627 g/mol. The van der Waals surface area contributed by atoms with Crippen molar-refractivity contribution in [3.8, 4) is 28.4 Å². The van der Waals surface area contributed by atoms with Crippen LogP contribution in [0.3, 0.4) is 0 Å². The van der Waals surface area contributed by atoms with Crippen molar-refractivity contribution in [3.63, 3.8) is 0 Å². The fourth-order valence-electron chi connectivity index (χ4n) is 5.24. The van der Waals surface area contributed by atoms with Crippen LogP contribution in [0.2, 0.25) is 0 Å². The van der Waals surface area contributed by atoms with Crippen molar-refractivity contribution < 1.29 is 23.7 Å². The molecular weight excluding hydrogens is 584 g/mol. The summed E-state index contributed by atoms with van der Waals surface area (Å²) in [5.41, 5.74) is 5.94. The summed E-state index contributed by atoms with van der Waals surface area (Å²) in [5, 5.41) is 5.86. The molecule has 1 fully saturated rings. The smallest absolute Gasteiger partial charge is 0.413 e. The average Bonchev–Trinajstić information content (AvgIpc) is 3.06. The number of rotatable bonds is 12. The third-order valence-corrected chi connectivity index (χ3v) is 8.13. The van der Waals surface area contributed by atoms with Crippen LogP contribution in [-0.2, 0) is 11.3 Å². The first kappa shape index (κ1) is 32.5. The van der Waals surface area contributed by atoms with Crippen molar-refractivity contribution in [1.29, 1.82) is 0 Å². The molecule has 11 nitrogen and oxygen atoms in total. The molecule has 242 valence electrons. The van der Waals surface area contributed by atoms with Gasteiger partial charge in [-0.3, -0.25) is 10.2 Å². The first-order valence-corrected chi connectivity index (χ1v) is 15.3. The topological polar surface area (TPSA) is 110 Å². The summed E-state index contributed by atoms with van der Waals surface area (Å²) < 4.78 is 22.7. The molecule has 0 radical (unpaired) electrons. The zero-order chi connectivity index (χ0) is 32.5. The highest BCUT2D eigenvalue weighted by Gasteiger charge is 2.16. The third-order valence-electron chi connectivity index (χ3n) is 8.13. The molecule has 0 saturated carbocycles. The number of hydrogen-bond acceptors (Lipinski definition) is 10. The monoisotopic (exact) mass is 626 g/mol. The minimum absolute atomic E-state index is 0.0472. The number of hydrogen-bond donors (Lipinski definition) is 2. The number of nitrogens with one attached hydrogen (secondary N) is 2. The number of carbonyl (C=O) groups excluding carboxylic acids is 1. The minimum atomic E-state index is -0.640. The lowest BCUT2D eigenvalue weighted by Crippen LogP contribution is -2.45. The summed E-state index contributed by atoms with van der Waals surface area (Å²) in [4.78, 5) is 26.3. The Bertz CT molecular complexity index is 1640. The zero-order valence-corrected chi connectivity index (χ0v) is 27.1. The molecule has 0 unspecified atom stereocenters. The maximum absolute atomic E-state index is 12.8. The molecule has 0 atom stereocenters. The molecule has 2 heterocycles. The van der Waals surface area contributed by atoms with Crippen LogP contribution in [0.5, 0.6) is 17.2 Å². The summed E-state index contributed by atoms with van der Waals surface area (Å²) in [6.45, 7) is 9.88. The van der Waals surface area contributed by atoms with Gasteiger partial charge in [-0.25, -0.2) is 9.78 Å². The first-order chi connectivity index (χ1) is 22.3. The SMILES string of the molecule is COc1ccc(-c2cccc(C)c2C)c(COC(=O)Nc2ccnc(Nc3ccc(OCCN4CCN(C)CC4)c(OC)c3)n2)c1. The Morgan fingerprint density at radius 3 is 2.52 bits per heavy atom. The molecule has 11 heteroatoms. The van der Waals surface area contributed by atoms with Crippen LogP contribution in [0.4, 0.5) is 22.2 Å². The largest absolute Gasteiger partial charge is 0.497 e. The van der Waals surface area contributed by atoms with Crippen LogP contribution >= 0.6 is 0 Å². The Morgan fingerprint density at radius 2 is 1.74 bits per heavy atom. The molecule has 1 aliphatic rings. The standard InChI is InChI=1S/C35H42N6O5/c1-24-7-6-8-29(25(24)2)30-11-10-28(43-4)21-26(30)23-46-35(42)39-33-13-14-36-34(38-33)37-27-9-12-31(32(22-27)44-5)45-20-19-41-17-15-40(3)16-18-41/h6-14,21-22H,15-20,23H2,1-5H3,(H2,36,37,38,39,42). The fourth-order valence-corrected chi connectivity index (χ4v) is 5.24. The van der Waals surface area contributed by atoms with E-state index in [1.165, 1.54) is 11.1 Å². The van der Waals surface area contributed by atoms with Gasteiger partial charge in [0.15, 0.2) is 11.5 Å². The molecule has 1 aromatic heterocycles. The third kappa shape index (κ3) is 8.43. The van der Waals surface area contributed by atoms with Crippen LogP contribution in [-0.4, -0.2) is 86.5 Å². The summed E-state index contributed by atoms with van der Waals surface area (Å²) in [5.74, 6) is 2.53. The lowest BCUT2D eigenvalue weighted by molar-refractivity contribution is 0.133. The molecule has 0 aliphatic carbocycles. The number of nitrogens with zero attached hydrogens (tertiary/aromatic N) is 4. The van der Waals surface area contributed by atoms with Gasteiger partial charge in [0.2, 0.25) is 5.95 Å². The van der Waals surface area contributed by atoms with Crippen molar-refractivity contribution in [2.24, 2.45) is 0 Å². The normalized spacial score (nSPS) is 13.6. The molecule has 2 N–H and O–H groups in total. The van der Waals surface area contributed by atoms with Crippen LogP contribution in [0, 0.1) is 13.8 Å². The molecule has 0 bridgehead atoms. The predicted molar refractivity (Wildman–Crippen MR) is 179 cm³/mol. The van der Waals surface area contributed by atoms with Gasteiger partial charge in [-0.15, -0.1) is 0 Å². The Morgan fingerprint density at radius 1 is 0.913 bits per heavy atom. The number of anilines is 3. The number of likely N-dealkylation sites (N-methyl/N-ethyl adjacent to an activating group) is 1. The predicted octanol–water partition coefficient (Wildman–Crippen LogP) is 5.90. The van der Waals surface area contributed by atoms with E-state index in [0.29, 0.717) is 41.3 Å². The summed E-state index contributed by atoms with van der Waals surface area (Å²) in [6.07, 6.45) is 0.915. The van der Waals surface area contributed by atoms with Crippen molar-refractivity contribution >= 4 is 23.5 Å². The Balaban J connectivity index is 1.18. The molecular formula is C35H42N6O5. The van der Waals surface area contributed by atoms with Crippen molar-refractivity contribution in [2.75, 3.05) is 71.2 Å². The van der Waals surface area contributed by atoms with Crippen LogP contribution in [0.1, 0.15) is 16.7 Å². The lowest BCUT2D eigenvalue weighted by atomic mass is 9.93. The van der Waals surface area contributed by atoms with E-state index in [0.717, 1.165) is 49.4 Å². The number of aromatic nitrogens is 2. The van der Waals surface area contributed by atoms with E-state index in [9.17, 15) is 4.79 Å². The second kappa shape index (κ2) is 15.4. The maximum Gasteiger partial charge on any atom is 0.413 e. The second-order valence-corrected chi connectivity index (χ2v) is 11.2. The van der Waals surface area contributed by atoms with E-state index in [4.69, 9.17) is 18.9 Å². The van der Waals surface area contributed by atoms with Crippen LogP contribution < -0.4 is 24.8 Å². The van der Waals surface area contributed by atoms with E-state index in [2.05, 4.69) is 63.4 Å². The molecule has 1 amide bonds. The van der Waals surface area contributed by atoms with Gasteiger partial charge in [0, 0.05) is 56.2 Å². The highest BCUT2D eigenvalue weighted by molar-refractivity contribution is 5.83. The van der Waals surface area contributed by atoms with Gasteiger partial charge < -0.3 is 29.2 Å². The van der Waals surface area contributed by atoms with Gasteiger partial charge >= 0.3 is 6.09 Å². The van der Waals surface area contributed by atoms with Crippen molar-refractivity contribution in [1.82, 2.24) is 19.8 Å². The number of benzene rings is 3. The Kier molecular flexibility index (Phi) is 10.9. The van der Waals surface area contributed by atoms with E-state index in [1.54, 1.807) is 26.5 Å². The molecule has 1 aliphatic heterocycles. The zero-order valence-electron chi connectivity index (χ0n) is 27.1. The van der Waals surface area contributed by atoms with Crippen molar-refractivity contribution in [2.45, 2.75) is 20.5 Å². The minimum Gasteiger partial charge on any atom is -0.497 e. The number of carbonyl (C=O) groups is 1. The van der Waals surface area contributed by atoms with Gasteiger partial charge in [0.05, 0.1) is 14.2 Å².